The van der Waals surface area contributed by atoms with Gasteiger partial charge in [0.15, 0.2) is 0 Å². The number of hydrogen-bond acceptors (Lipinski definition) is 3. The van der Waals surface area contributed by atoms with Gasteiger partial charge in [0.05, 0.1) is 9.40 Å². The van der Waals surface area contributed by atoms with E-state index in [1.54, 1.807) is 20.0 Å². The summed E-state index contributed by atoms with van der Waals surface area (Å²) in [5.74, 6) is 0. The van der Waals surface area contributed by atoms with Crippen molar-refractivity contribution in [3.05, 3.63) is 35.2 Å². The van der Waals surface area contributed by atoms with E-state index in [1.807, 2.05) is 22.7 Å². The Hall–Kier alpha value is -0.770. The molecule has 0 radical (unpaired) electrons. The van der Waals surface area contributed by atoms with E-state index in [9.17, 15) is 0 Å². The monoisotopic (exact) mass is 300 g/mol. The zero-order chi connectivity index (χ0) is 12.4. The second-order valence-electron chi connectivity index (χ2n) is 5.21. The van der Waals surface area contributed by atoms with Gasteiger partial charge >= 0.3 is 0 Å². The molecule has 3 heteroatoms. The van der Waals surface area contributed by atoms with Crippen molar-refractivity contribution < 1.29 is 0 Å². The molecule has 0 bridgehead atoms. The van der Waals surface area contributed by atoms with E-state index >= 15 is 0 Å². The lowest BCUT2D eigenvalue weighted by Gasteiger charge is -2.15. The zero-order valence-corrected chi connectivity index (χ0v) is 12.8. The third-order valence-electron chi connectivity index (χ3n) is 4.07. The molecule has 1 atom stereocenters. The summed E-state index contributed by atoms with van der Waals surface area (Å²) in [7, 11) is 0. The summed E-state index contributed by atoms with van der Waals surface area (Å²) in [5, 5.41) is 2.21. The third-order valence-corrected chi connectivity index (χ3v) is 8.34. The van der Waals surface area contributed by atoms with Gasteiger partial charge in [-0.05, 0) is 30.9 Å². The van der Waals surface area contributed by atoms with Gasteiger partial charge in [0.2, 0.25) is 0 Å². The van der Waals surface area contributed by atoms with Gasteiger partial charge in [-0.15, -0.1) is 34.4 Å². The molecule has 1 aliphatic heterocycles. The molecule has 2 aromatic heterocycles. The standard InChI is InChI=1S/C16H12S3/c1-3-7-11-9(5-1)13-15(17-11)16-14(19-13)10-6-2-4-8-12(10)18-16/h1,3,5-7,12H,2,4,8H2. The molecule has 0 saturated carbocycles. The average molecular weight is 300 g/mol. The molecule has 1 aliphatic carbocycles. The second kappa shape index (κ2) is 3.87. The van der Waals surface area contributed by atoms with Crippen LogP contribution in [0.15, 0.2) is 35.2 Å². The fourth-order valence-electron chi connectivity index (χ4n) is 3.17. The first-order valence-electron chi connectivity index (χ1n) is 6.73. The van der Waals surface area contributed by atoms with Crippen molar-refractivity contribution in [2.75, 3.05) is 0 Å². The summed E-state index contributed by atoms with van der Waals surface area (Å²) in [6, 6.07) is 8.84. The normalized spacial score (nSPS) is 21.7. The predicted octanol–water partition coefficient (Wildman–Crippen LogP) is 6.16. The van der Waals surface area contributed by atoms with Gasteiger partial charge in [0.25, 0.3) is 0 Å². The van der Waals surface area contributed by atoms with E-state index in [4.69, 9.17) is 0 Å². The molecule has 3 heterocycles. The van der Waals surface area contributed by atoms with Crippen LogP contribution in [-0.2, 0) is 0 Å². The quantitative estimate of drug-likeness (QED) is 0.479. The molecule has 0 amide bonds. The predicted molar refractivity (Wildman–Crippen MR) is 88.7 cm³/mol. The smallest absolute Gasteiger partial charge is 0.0606 e. The van der Waals surface area contributed by atoms with Crippen LogP contribution < -0.4 is 0 Å². The van der Waals surface area contributed by atoms with Crippen LogP contribution in [0.2, 0.25) is 0 Å². The Balaban J connectivity index is 1.85. The highest BCUT2D eigenvalue weighted by molar-refractivity contribution is 8.01. The first kappa shape index (κ1) is 11.0. The third kappa shape index (κ3) is 1.41. The van der Waals surface area contributed by atoms with Crippen molar-refractivity contribution >= 4 is 59.5 Å². The van der Waals surface area contributed by atoms with Crippen molar-refractivity contribution in [1.82, 2.24) is 0 Å². The van der Waals surface area contributed by atoms with Gasteiger partial charge in [-0.2, -0.15) is 0 Å². The van der Waals surface area contributed by atoms with Crippen LogP contribution in [0.4, 0.5) is 0 Å². The fourth-order valence-corrected chi connectivity index (χ4v) is 7.84. The van der Waals surface area contributed by atoms with Crippen molar-refractivity contribution in [3.8, 4) is 0 Å². The first-order valence-corrected chi connectivity index (χ1v) is 9.24. The molecular weight excluding hydrogens is 288 g/mol. The molecule has 3 aromatic rings. The molecule has 0 nitrogen and oxygen atoms in total. The van der Waals surface area contributed by atoms with Gasteiger partial charge in [-0.1, -0.05) is 24.3 Å². The highest BCUT2D eigenvalue weighted by Gasteiger charge is 2.33. The maximum Gasteiger partial charge on any atom is 0.0606 e. The van der Waals surface area contributed by atoms with E-state index in [1.165, 1.54) is 34.0 Å². The first-order chi connectivity index (χ1) is 9.42. The summed E-state index contributed by atoms with van der Waals surface area (Å²) >= 11 is 6.14. The maximum absolute atomic E-state index is 2.50. The average Bonchev–Trinajstić information content (AvgIpc) is 3.07. The van der Waals surface area contributed by atoms with Crippen LogP contribution in [0, 0.1) is 0 Å². The highest BCUT2D eigenvalue weighted by Crippen LogP contribution is 2.58. The van der Waals surface area contributed by atoms with Crippen molar-refractivity contribution in [2.24, 2.45) is 0 Å². The Morgan fingerprint density at radius 1 is 1.05 bits per heavy atom. The van der Waals surface area contributed by atoms with E-state index in [-0.39, 0.29) is 0 Å². The van der Waals surface area contributed by atoms with E-state index in [2.05, 4.69) is 42.1 Å². The van der Waals surface area contributed by atoms with Crippen LogP contribution in [-0.4, -0.2) is 5.25 Å². The molecule has 94 valence electrons. The molecule has 2 aliphatic rings. The molecule has 0 N–H and O–H groups in total. The van der Waals surface area contributed by atoms with Crippen LogP contribution in [0.25, 0.3) is 25.1 Å². The molecule has 0 spiro atoms. The largest absolute Gasteiger partial charge is 0.133 e. The number of hydrogen-bond donors (Lipinski definition) is 0. The Kier molecular flexibility index (Phi) is 2.23. The minimum Gasteiger partial charge on any atom is -0.133 e. The minimum absolute atomic E-state index is 0.754. The van der Waals surface area contributed by atoms with Crippen LogP contribution >= 0.6 is 34.4 Å². The van der Waals surface area contributed by atoms with E-state index in [0.29, 0.717) is 0 Å². The zero-order valence-electron chi connectivity index (χ0n) is 10.3. The van der Waals surface area contributed by atoms with Gasteiger partial charge in [-0.25, -0.2) is 0 Å². The maximum atomic E-state index is 2.50. The van der Waals surface area contributed by atoms with Gasteiger partial charge < -0.3 is 0 Å². The Morgan fingerprint density at radius 3 is 3.00 bits per heavy atom. The van der Waals surface area contributed by atoms with E-state index in [0.717, 1.165) is 5.25 Å². The molecule has 1 aromatic carbocycles. The van der Waals surface area contributed by atoms with Crippen molar-refractivity contribution in [2.45, 2.75) is 29.4 Å². The lowest BCUT2D eigenvalue weighted by molar-refractivity contribution is 0.757. The topological polar surface area (TPSA) is 0 Å². The van der Waals surface area contributed by atoms with E-state index < -0.39 is 0 Å². The van der Waals surface area contributed by atoms with Crippen LogP contribution in [0.1, 0.15) is 24.1 Å². The summed E-state index contributed by atoms with van der Waals surface area (Å²) < 4.78 is 4.50. The Morgan fingerprint density at radius 2 is 2.00 bits per heavy atom. The number of thiophene rings is 2. The lowest BCUT2D eigenvalue weighted by atomic mass is 9.98. The molecule has 5 rings (SSSR count). The number of benzene rings is 1. The van der Waals surface area contributed by atoms with Crippen molar-refractivity contribution in [3.63, 3.8) is 0 Å². The van der Waals surface area contributed by atoms with Gasteiger partial charge in [0, 0.05) is 25.1 Å². The van der Waals surface area contributed by atoms with Crippen molar-refractivity contribution in [1.29, 1.82) is 0 Å². The lowest BCUT2D eigenvalue weighted by Crippen LogP contribution is -2.03. The Labute approximate surface area is 124 Å². The van der Waals surface area contributed by atoms with Crippen LogP contribution in [0.5, 0.6) is 0 Å². The number of rotatable bonds is 0. The SMILES string of the molecule is C1=C2c3sc4c(sc5ccccc54)c3SC2CCC1. The fraction of sp³-hybridized carbons (Fsp3) is 0.250. The van der Waals surface area contributed by atoms with Gasteiger partial charge in [-0.3, -0.25) is 0 Å². The Bertz CT molecular complexity index is 834. The number of allylic oxidation sites excluding steroid dienone is 1. The molecular formula is C16H12S3. The number of fused-ring (bicyclic) bond motifs is 7. The molecule has 0 fully saturated rings. The highest BCUT2D eigenvalue weighted by atomic mass is 32.2. The second-order valence-corrected chi connectivity index (χ2v) is 8.50. The van der Waals surface area contributed by atoms with Crippen LogP contribution in [0.3, 0.4) is 0 Å². The molecule has 0 saturated heterocycles. The summed E-state index contributed by atoms with van der Waals surface area (Å²) in [6.07, 6.45) is 6.50. The van der Waals surface area contributed by atoms with Gasteiger partial charge in [0.1, 0.15) is 0 Å². The summed E-state index contributed by atoms with van der Waals surface area (Å²) in [6.45, 7) is 0. The molecule has 19 heavy (non-hydrogen) atoms. The number of thioether (sulfide) groups is 1. The summed E-state index contributed by atoms with van der Waals surface area (Å²) in [5.41, 5.74) is 1.64. The minimum atomic E-state index is 0.754. The summed E-state index contributed by atoms with van der Waals surface area (Å²) in [4.78, 5) is 3.17. The molecule has 1 unspecified atom stereocenters.